The van der Waals surface area contributed by atoms with Gasteiger partial charge in [-0.2, -0.15) is 5.10 Å². The van der Waals surface area contributed by atoms with Gasteiger partial charge in [-0.3, -0.25) is 9.67 Å². The van der Waals surface area contributed by atoms with Crippen molar-refractivity contribution < 1.29 is 4.74 Å². The third-order valence-electron chi connectivity index (χ3n) is 3.19. The summed E-state index contributed by atoms with van der Waals surface area (Å²) < 4.78 is 7.81. The lowest BCUT2D eigenvalue weighted by Gasteiger charge is -2.13. The average Bonchev–Trinajstić information content (AvgIpc) is 2.54. The van der Waals surface area contributed by atoms with Crippen LogP contribution in [-0.2, 0) is 7.05 Å². The highest BCUT2D eigenvalue weighted by Gasteiger charge is 2.17. The van der Waals surface area contributed by atoms with Gasteiger partial charge in [0, 0.05) is 18.8 Å². The summed E-state index contributed by atoms with van der Waals surface area (Å²) >= 11 is 5.10. The molecule has 2 rings (SSSR count). The van der Waals surface area contributed by atoms with Gasteiger partial charge in [0.1, 0.15) is 16.4 Å². The number of thiocarbonyl (C=S) groups is 1. The summed E-state index contributed by atoms with van der Waals surface area (Å²) in [4.78, 5) is 4.66. The van der Waals surface area contributed by atoms with Crippen molar-refractivity contribution in [3.8, 4) is 11.5 Å². The number of pyridine rings is 1. The minimum atomic E-state index is 0.282. The molecule has 0 saturated carbocycles. The molecule has 0 aliphatic rings. The lowest BCUT2D eigenvalue weighted by molar-refractivity contribution is 0.471. The van der Waals surface area contributed by atoms with Crippen LogP contribution in [0.1, 0.15) is 28.3 Å². The number of hydrogen-bond donors (Lipinski definition) is 1. The molecule has 0 unspecified atom stereocenters. The molecule has 2 aromatic heterocycles. The molecular weight excluding hydrogens is 272 g/mol. The molecule has 0 aliphatic heterocycles. The van der Waals surface area contributed by atoms with E-state index in [-0.39, 0.29) is 4.99 Å². The third kappa shape index (κ3) is 2.51. The van der Waals surface area contributed by atoms with Crippen molar-refractivity contribution in [1.29, 1.82) is 0 Å². The van der Waals surface area contributed by atoms with E-state index in [1.54, 1.807) is 4.68 Å². The molecule has 0 radical (unpaired) electrons. The van der Waals surface area contributed by atoms with Gasteiger partial charge in [-0.25, -0.2) is 0 Å². The van der Waals surface area contributed by atoms with Gasteiger partial charge in [0.2, 0.25) is 0 Å². The van der Waals surface area contributed by atoms with Gasteiger partial charge >= 0.3 is 0 Å². The summed E-state index contributed by atoms with van der Waals surface area (Å²) in [5, 5.41) is 4.34. The zero-order chi connectivity index (χ0) is 15.0. The molecule has 0 fully saturated rings. The fourth-order valence-corrected chi connectivity index (χ4v) is 2.43. The number of aromatic nitrogens is 3. The molecule has 0 spiro atoms. The highest BCUT2D eigenvalue weighted by atomic mass is 32.1. The minimum absolute atomic E-state index is 0.282. The summed E-state index contributed by atoms with van der Waals surface area (Å²) in [7, 11) is 1.88. The Morgan fingerprint density at radius 3 is 2.40 bits per heavy atom. The fraction of sp³-hybridized carbons (Fsp3) is 0.357. The van der Waals surface area contributed by atoms with E-state index in [9.17, 15) is 0 Å². The first-order valence-corrected chi connectivity index (χ1v) is 6.68. The maximum Gasteiger partial charge on any atom is 0.171 e. The summed E-state index contributed by atoms with van der Waals surface area (Å²) in [6.45, 7) is 7.64. The Balaban J connectivity index is 2.56. The average molecular weight is 290 g/mol. The topological polar surface area (TPSA) is 66.0 Å². The first kappa shape index (κ1) is 14.5. The minimum Gasteiger partial charge on any atom is -0.453 e. The Morgan fingerprint density at radius 2 is 1.90 bits per heavy atom. The maximum atomic E-state index is 6.02. The van der Waals surface area contributed by atoms with E-state index < -0.39 is 0 Å². The first-order chi connectivity index (χ1) is 9.31. The molecule has 0 bridgehead atoms. The van der Waals surface area contributed by atoms with Gasteiger partial charge < -0.3 is 10.5 Å². The van der Waals surface area contributed by atoms with Gasteiger partial charge in [0.25, 0.3) is 0 Å². The number of hydrogen-bond acceptors (Lipinski definition) is 4. The molecule has 0 saturated heterocycles. The molecule has 20 heavy (non-hydrogen) atoms. The number of ether oxygens (including phenoxy) is 1. The monoisotopic (exact) mass is 290 g/mol. The fourth-order valence-electron chi connectivity index (χ4n) is 2.18. The molecular formula is C14H18N4OS. The standard InChI is InChI=1S/C14H18N4OS/c1-7-6-11(12(14(15)20)8(2)16-7)19-13-9(3)17-18(5)10(13)4/h6H,1-5H3,(H2,15,20). The molecule has 0 aromatic carbocycles. The number of nitrogens with two attached hydrogens (primary N) is 1. The molecule has 2 N–H and O–H groups in total. The molecule has 0 aliphatic carbocycles. The normalized spacial score (nSPS) is 10.7. The van der Waals surface area contributed by atoms with Crippen molar-refractivity contribution in [2.24, 2.45) is 12.8 Å². The largest absolute Gasteiger partial charge is 0.453 e. The van der Waals surface area contributed by atoms with Crippen molar-refractivity contribution in [1.82, 2.24) is 14.8 Å². The second kappa shape index (κ2) is 5.20. The third-order valence-corrected chi connectivity index (χ3v) is 3.40. The highest BCUT2D eigenvalue weighted by molar-refractivity contribution is 7.80. The smallest absolute Gasteiger partial charge is 0.171 e. The molecule has 2 aromatic rings. The Labute approximate surface area is 123 Å². The Kier molecular flexibility index (Phi) is 3.76. The van der Waals surface area contributed by atoms with Crippen molar-refractivity contribution >= 4 is 17.2 Å². The SMILES string of the molecule is Cc1cc(Oc2c(C)nn(C)c2C)c(C(N)=S)c(C)n1. The van der Waals surface area contributed by atoms with Crippen LogP contribution in [0.25, 0.3) is 0 Å². The molecule has 5 nitrogen and oxygen atoms in total. The van der Waals surface area contributed by atoms with Gasteiger partial charge in [-0.1, -0.05) is 12.2 Å². The van der Waals surface area contributed by atoms with Crippen LogP contribution >= 0.6 is 12.2 Å². The van der Waals surface area contributed by atoms with E-state index in [1.807, 2.05) is 40.8 Å². The number of aryl methyl sites for hydroxylation is 4. The van der Waals surface area contributed by atoms with Crippen LogP contribution in [0.2, 0.25) is 0 Å². The highest BCUT2D eigenvalue weighted by Crippen LogP contribution is 2.31. The second-order valence-corrected chi connectivity index (χ2v) is 5.25. The zero-order valence-corrected chi connectivity index (χ0v) is 13.1. The Morgan fingerprint density at radius 1 is 1.25 bits per heavy atom. The van der Waals surface area contributed by atoms with E-state index in [4.69, 9.17) is 22.7 Å². The number of rotatable bonds is 3. The van der Waals surface area contributed by atoms with Crippen LogP contribution in [-0.4, -0.2) is 19.8 Å². The zero-order valence-electron chi connectivity index (χ0n) is 12.3. The molecule has 106 valence electrons. The lowest BCUT2D eigenvalue weighted by atomic mass is 10.1. The lowest BCUT2D eigenvalue weighted by Crippen LogP contribution is -2.14. The predicted molar refractivity (Wildman–Crippen MR) is 82.4 cm³/mol. The maximum absolute atomic E-state index is 6.02. The molecule has 6 heteroatoms. The van der Waals surface area contributed by atoms with Gasteiger partial charge in [0.15, 0.2) is 5.75 Å². The van der Waals surface area contributed by atoms with Crippen LogP contribution in [0.5, 0.6) is 11.5 Å². The Hall–Kier alpha value is -1.95. The van der Waals surface area contributed by atoms with E-state index >= 15 is 0 Å². The summed E-state index contributed by atoms with van der Waals surface area (Å²) in [5.74, 6) is 1.36. The van der Waals surface area contributed by atoms with Gasteiger partial charge in [-0.15, -0.1) is 0 Å². The predicted octanol–water partition coefficient (Wildman–Crippen LogP) is 2.48. The summed E-state index contributed by atoms with van der Waals surface area (Å²) in [5.41, 5.74) is 9.87. The van der Waals surface area contributed by atoms with E-state index in [0.29, 0.717) is 11.3 Å². The van der Waals surface area contributed by atoms with Crippen LogP contribution in [0.4, 0.5) is 0 Å². The van der Waals surface area contributed by atoms with Gasteiger partial charge in [0.05, 0.1) is 17.0 Å². The van der Waals surface area contributed by atoms with Crippen LogP contribution in [0, 0.1) is 27.7 Å². The van der Waals surface area contributed by atoms with Gasteiger partial charge in [-0.05, 0) is 27.7 Å². The summed E-state index contributed by atoms with van der Waals surface area (Å²) in [6.07, 6.45) is 0. The summed E-state index contributed by atoms with van der Waals surface area (Å²) in [6, 6.07) is 1.84. The number of nitrogens with zero attached hydrogens (tertiary/aromatic N) is 3. The van der Waals surface area contributed by atoms with E-state index in [0.717, 1.165) is 28.5 Å². The molecule has 0 amide bonds. The van der Waals surface area contributed by atoms with Crippen molar-refractivity contribution in [2.75, 3.05) is 0 Å². The van der Waals surface area contributed by atoms with E-state index in [1.165, 1.54) is 0 Å². The second-order valence-electron chi connectivity index (χ2n) is 4.81. The van der Waals surface area contributed by atoms with Crippen molar-refractivity contribution in [3.05, 3.63) is 34.4 Å². The van der Waals surface area contributed by atoms with Crippen molar-refractivity contribution in [2.45, 2.75) is 27.7 Å². The van der Waals surface area contributed by atoms with E-state index in [2.05, 4.69) is 10.1 Å². The molecule has 0 atom stereocenters. The quantitative estimate of drug-likeness (QED) is 0.880. The first-order valence-electron chi connectivity index (χ1n) is 6.27. The Bertz CT molecular complexity index is 691. The van der Waals surface area contributed by atoms with Crippen LogP contribution in [0.15, 0.2) is 6.07 Å². The van der Waals surface area contributed by atoms with Crippen LogP contribution in [0.3, 0.4) is 0 Å². The van der Waals surface area contributed by atoms with Crippen LogP contribution < -0.4 is 10.5 Å². The molecule has 2 heterocycles. The van der Waals surface area contributed by atoms with Crippen molar-refractivity contribution in [3.63, 3.8) is 0 Å².